The van der Waals surface area contributed by atoms with Gasteiger partial charge in [-0.25, -0.2) is 17.4 Å². The second-order valence-corrected chi connectivity index (χ2v) is 8.35. The van der Waals surface area contributed by atoms with Crippen molar-refractivity contribution in [3.05, 3.63) is 55.8 Å². The van der Waals surface area contributed by atoms with E-state index in [1.54, 1.807) is 42.5 Å². The maximum atomic E-state index is 12.8. The third kappa shape index (κ3) is 2.60. The lowest BCUT2D eigenvalue weighted by Gasteiger charge is -2.08. The van der Waals surface area contributed by atoms with Crippen molar-refractivity contribution in [3.63, 3.8) is 0 Å². The molecule has 108 valence electrons. The molecule has 0 saturated heterocycles. The van der Waals surface area contributed by atoms with Crippen LogP contribution in [0, 0.1) is 3.70 Å². The van der Waals surface area contributed by atoms with Crippen LogP contribution in [0.4, 0.5) is 0 Å². The fourth-order valence-corrected chi connectivity index (χ4v) is 5.48. The molecule has 3 aromatic rings. The molecular formula is C13H7BrClIN2O2S. The van der Waals surface area contributed by atoms with Crippen molar-refractivity contribution in [2.24, 2.45) is 0 Å². The number of rotatable bonds is 2. The highest BCUT2D eigenvalue weighted by molar-refractivity contribution is 14.1. The summed E-state index contributed by atoms with van der Waals surface area (Å²) in [5.41, 5.74) is 0.308. The van der Waals surface area contributed by atoms with Crippen LogP contribution in [0.3, 0.4) is 0 Å². The lowest BCUT2D eigenvalue weighted by molar-refractivity contribution is 0.588. The Bertz CT molecular complexity index is 942. The summed E-state index contributed by atoms with van der Waals surface area (Å²) in [5, 5.41) is 0.927. The highest BCUT2D eigenvalue weighted by atomic mass is 127. The molecule has 0 aliphatic carbocycles. The van der Waals surface area contributed by atoms with Gasteiger partial charge in [0, 0.05) is 9.86 Å². The SMILES string of the molecule is O=S(=O)(c1ccccc1)n1c(I)cc2c(Br)cc(Cl)nc21. The minimum absolute atomic E-state index is 0.207. The van der Waals surface area contributed by atoms with Crippen LogP contribution >= 0.6 is 50.1 Å². The summed E-state index contributed by atoms with van der Waals surface area (Å²) in [7, 11) is -3.72. The van der Waals surface area contributed by atoms with Crippen LogP contribution in [-0.2, 0) is 10.0 Å². The third-order valence-corrected chi connectivity index (χ3v) is 6.58. The molecule has 0 bridgehead atoms. The fourth-order valence-electron chi connectivity index (χ4n) is 1.98. The first-order chi connectivity index (χ1) is 9.91. The average molecular weight is 498 g/mol. The first-order valence-corrected chi connectivity index (χ1v) is 9.44. The smallest absolute Gasteiger partial charge is 0.217 e. The van der Waals surface area contributed by atoms with E-state index in [0.29, 0.717) is 19.2 Å². The summed E-state index contributed by atoms with van der Waals surface area (Å²) in [6.45, 7) is 0. The Kier molecular flexibility index (Phi) is 4.02. The van der Waals surface area contributed by atoms with E-state index in [0.717, 1.165) is 0 Å². The molecule has 0 N–H and O–H groups in total. The normalized spacial score (nSPS) is 12.0. The largest absolute Gasteiger partial charge is 0.270 e. The number of halogens is 3. The van der Waals surface area contributed by atoms with Gasteiger partial charge in [-0.1, -0.05) is 29.8 Å². The zero-order valence-corrected chi connectivity index (χ0v) is 15.6. The van der Waals surface area contributed by atoms with Gasteiger partial charge in [0.15, 0.2) is 5.65 Å². The second kappa shape index (κ2) is 5.53. The molecule has 3 rings (SSSR count). The Balaban J connectivity index is 2.38. The predicted octanol–water partition coefficient (Wildman–Crippen LogP) is 4.29. The van der Waals surface area contributed by atoms with Crippen molar-refractivity contribution in [3.8, 4) is 0 Å². The summed E-state index contributed by atoms with van der Waals surface area (Å²) >= 11 is 11.3. The molecular weight excluding hydrogens is 490 g/mol. The quantitative estimate of drug-likeness (QED) is 0.392. The topological polar surface area (TPSA) is 52.0 Å². The minimum atomic E-state index is -3.72. The molecule has 2 aromatic heterocycles. The average Bonchev–Trinajstić information content (AvgIpc) is 2.77. The highest BCUT2D eigenvalue weighted by Gasteiger charge is 2.24. The number of pyridine rings is 1. The standard InChI is InChI=1S/C13H7BrClIN2O2S/c14-10-7-11(15)17-13-9(10)6-12(16)18(13)21(19,20)8-4-2-1-3-5-8/h1-7H. The molecule has 21 heavy (non-hydrogen) atoms. The Labute approximate surface area is 148 Å². The van der Waals surface area contributed by atoms with E-state index >= 15 is 0 Å². The van der Waals surface area contributed by atoms with E-state index in [1.165, 1.54) is 3.97 Å². The van der Waals surface area contributed by atoms with Gasteiger partial charge >= 0.3 is 0 Å². The molecule has 0 aliphatic heterocycles. The van der Waals surface area contributed by atoms with Crippen LogP contribution in [-0.4, -0.2) is 17.4 Å². The van der Waals surface area contributed by atoms with E-state index in [4.69, 9.17) is 11.6 Å². The molecule has 0 fully saturated rings. The van der Waals surface area contributed by atoms with Gasteiger partial charge in [-0.05, 0) is 62.8 Å². The number of hydrogen-bond donors (Lipinski definition) is 0. The van der Waals surface area contributed by atoms with Gasteiger partial charge in [0.05, 0.1) is 8.60 Å². The fraction of sp³-hybridized carbons (Fsp3) is 0. The number of benzene rings is 1. The van der Waals surface area contributed by atoms with Crippen LogP contribution in [0.1, 0.15) is 0 Å². The van der Waals surface area contributed by atoms with Crippen molar-refractivity contribution in [1.82, 2.24) is 8.96 Å². The van der Waals surface area contributed by atoms with E-state index in [2.05, 4.69) is 20.9 Å². The number of aromatic nitrogens is 2. The Morgan fingerprint density at radius 2 is 1.86 bits per heavy atom. The van der Waals surface area contributed by atoms with Gasteiger partial charge in [0.25, 0.3) is 10.0 Å². The van der Waals surface area contributed by atoms with Crippen molar-refractivity contribution >= 4 is 71.2 Å². The Hall–Kier alpha value is -0.640. The van der Waals surface area contributed by atoms with Crippen molar-refractivity contribution < 1.29 is 8.42 Å². The van der Waals surface area contributed by atoms with E-state index in [1.807, 2.05) is 22.6 Å². The predicted molar refractivity (Wildman–Crippen MR) is 94.2 cm³/mol. The van der Waals surface area contributed by atoms with Crippen LogP contribution in [0.2, 0.25) is 5.15 Å². The molecule has 8 heteroatoms. The molecule has 0 aliphatic rings. The maximum Gasteiger partial charge on any atom is 0.270 e. The summed E-state index contributed by atoms with van der Waals surface area (Å²) in [6.07, 6.45) is 0. The first kappa shape index (κ1) is 15.3. The molecule has 4 nitrogen and oxygen atoms in total. The zero-order chi connectivity index (χ0) is 15.2. The molecule has 2 heterocycles. The first-order valence-electron chi connectivity index (χ1n) is 5.75. The van der Waals surface area contributed by atoms with Crippen molar-refractivity contribution in [2.75, 3.05) is 0 Å². The monoisotopic (exact) mass is 496 g/mol. The van der Waals surface area contributed by atoms with E-state index < -0.39 is 10.0 Å². The number of fused-ring (bicyclic) bond motifs is 1. The zero-order valence-electron chi connectivity index (χ0n) is 10.3. The van der Waals surface area contributed by atoms with Crippen LogP contribution in [0.5, 0.6) is 0 Å². The lowest BCUT2D eigenvalue weighted by atomic mass is 10.3. The molecule has 0 saturated carbocycles. The summed E-state index contributed by atoms with van der Waals surface area (Å²) in [6, 6.07) is 11.6. The van der Waals surface area contributed by atoms with Gasteiger partial charge in [-0.15, -0.1) is 0 Å². The molecule has 0 unspecified atom stereocenters. The molecule has 0 spiro atoms. The highest BCUT2D eigenvalue weighted by Crippen LogP contribution is 2.31. The Morgan fingerprint density at radius 3 is 2.52 bits per heavy atom. The molecule has 0 radical (unpaired) electrons. The van der Waals surface area contributed by atoms with Crippen molar-refractivity contribution in [1.29, 1.82) is 0 Å². The van der Waals surface area contributed by atoms with Crippen molar-refractivity contribution in [2.45, 2.75) is 4.90 Å². The maximum absolute atomic E-state index is 12.8. The van der Waals surface area contributed by atoms with E-state index in [9.17, 15) is 8.42 Å². The van der Waals surface area contributed by atoms with Gasteiger partial charge in [0.1, 0.15) is 5.15 Å². The van der Waals surface area contributed by atoms with Gasteiger partial charge in [-0.3, -0.25) is 0 Å². The van der Waals surface area contributed by atoms with Gasteiger partial charge in [0.2, 0.25) is 0 Å². The van der Waals surface area contributed by atoms with Crippen LogP contribution in [0.25, 0.3) is 11.0 Å². The lowest BCUT2D eigenvalue weighted by Crippen LogP contribution is -2.14. The minimum Gasteiger partial charge on any atom is -0.217 e. The van der Waals surface area contributed by atoms with Crippen LogP contribution in [0.15, 0.2) is 51.8 Å². The van der Waals surface area contributed by atoms with Gasteiger partial charge in [-0.2, -0.15) is 0 Å². The summed E-state index contributed by atoms with van der Waals surface area (Å²) in [5.74, 6) is 0. The summed E-state index contributed by atoms with van der Waals surface area (Å²) in [4.78, 5) is 4.37. The Morgan fingerprint density at radius 1 is 1.19 bits per heavy atom. The molecule has 0 atom stereocenters. The molecule has 0 amide bonds. The van der Waals surface area contributed by atoms with E-state index in [-0.39, 0.29) is 10.0 Å². The third-order valence-electron chi connectivity index (χ3n) is 2.89. The van der Waals surface area contributed by atoms with Crippen LogP contribution < -0.4 is 0 Å². The number of nitrogens with zero attached hydrogens (tertiary/aromatic N) is 2. The second-order valence-electron chi connectivity index (χ2n) is 4.21. The number of hydrogen-bond acceptors (Lipinski definition) is 3. The van der Waals surface area contributed by atoms with Gasteiger partial charge < -0.3 is 0 Å². The molecule has 1 aromatic carbocycles. The summed E-state index contributed by atoms with van der Waals surface area (Å²) < 4.78 is 28.1.